The van der Waals surface area contributed by atoms with Gasteiger partial charge in [0.1, 0.15) is 11.5 Å². The van der Waals surface area contributed by atoms with Gasteiger partial charge >= 0.3 is 0 Å². The van der Waals surface area contributed by atoms with Gasteiger partial charge in [0.05, 0.1) is 23.6 Å². The van der Waals surface area contributed by atoms with Gasteiger partial charge in [-0.25, -0.2) is 9.97 Å². The number of amides is 1. The van der Waals surface area contributed by atoms with Crippen molar-refractivity contribution in [1.29, 1.82) is 0 Å². The van der Waals surface area contributed by atoms with E-state index < -0.39 is 0 Å². The van der Waals surface area contributed by atoms with Crippen molar-refractivity contribution in [3.05, 3.63) is 54.6 Å². The van der Waals surface area contributed by atoms with E-state index in [1.54, 1.807) is 12.4 Å². The highest BCUT2D eigenvalue weighted by Gasteiger charge is 2.21. The van der Waals surface area contributed by atoms with Crippen LogP contribution in [0.3, 0.4) is 0 Å². The van der Waals surface area contributed by atoms with Crippen LogP contribution >= 0.6 is 0 Å². The van der Waals surface area contributed by atoms with Crippen molar-refractivity contribution in [1.82, 2.24) is 15.0 Å². The van der Waals surface area contributed by atoms with E-state index in [2.05, 4.69) is 25.6 Å². The molecule has 1 amide bonds. The monoisotopic (exact) mass is 305 g/mol. The third kappa shape index (κ3) is 2.96. The Morgan fingerprint density at radius 2 is 1.91 bits per heavy atom. The van der Waals surface area contributed by atoms with Gasteiger partial charge in [-0.1, -0.05) is 18.2 Å². The van der Waals surface area contributed by atoms with E-state index in [1.807, 2.05) is 30.3 Å². The number of pyridine rings is 1. The SMILES string of the molecule is O=C(Nc1cccc2cccnc12)c1cnc(NC2CC2)cn1. The highest BCUT2D eigenvalue weighted by atomic mass is 16.1. The van der Waals surface area contributed by atoms with Crippen LogP contribution in [0.2, 0.25) is 0 Å². The molecule has 3 aromatic rings. The Morgan fingerprint density at radius 1 is 1.04 bits per heavy atom. The number of rotatable bonds is 4. The maximum absolute atomic E-state index is 12.3. The molecule has 2 aromatic heterocycles. The first-order valence-corrected chi connectivity index (χ1v) is 7.53. The number of nitrogens with zero attached hydrogens (tertiary/aromatic N) is 3. The molecule has 6 nitrogen and oxygen atoms in total. The Bertz CT molecular complexity index is 853. The fraction of sp³-hybridized carbons (Fsp3) is 0.176. The molecule has 1 aromatic carbocycles. The summed E-state index contributed by atoms with van der Waals surface area (Å²) in [5, 5.41) is 7.06. The van der Waals surface area contributed by atoms with Crippen LogP contribution in [0, 0.1) is 0 Å². The highest BCUT2D eigenvalue weighted by molar-refractivity contribution is 6.07. The lowest BCUT2D eigenvalue weighted by Crippen LogP contribution is -2.15. The van der Waals surface area contributed by atoms with Gasteiger partial charge in [0, 0.05) is 17.6 Å². The molecular formula is C17H15N5O. The van der Waals surface area contributed by atoms with E-state index >= 15 is 0 Å². The minimum atomic E-state index is -0.298. The maximum Gasteiger partial charge on any atom is 0.275 e. The average molecular weight is 305 g/mol. The normalized spacial score (nSPS) is 13.7. The molecular weight excluding hydrogens is 290 g/mol. The summed E-state index contributed by atoms with van der Waals surface area (Å²) in [6, 6.07) is 9.99. The number of fused-ring (bicyclic) bond motifs is 1. The molecule has 114 valence electrons. The summed E-state index contributed by atoms with van der Waals surface area (Å²) < 4.78 is 0. The van der Waals surface area contributed by atoms with Gasteiger partial charge in [-0.05, 0) is 25.0 Å². The van der Waals surface area contributed by atoms with E-state index in [-0.39, 0.29) is 11.6 Å². The van der Waals surface area contributed by atoms with Crippen molar-refractivity contribution in [3.8, 4) is 0 Å². The molecule has 0 unspecified atom stereocenters. The van der Waals surface area contributed by atoms with Crippen molar-refractivity contribution in [3.63, 3.8) is 0 Å². The Hall–Kier alpha value is -3.02. The molecule has 0 atom stereocenters. The number of hydrogen-bond acceptors (Lipinski definition) is 5. The molecule has 0 bridgehead atoms. The molecule has 2 N–H and O–H groups in total. The second-order valence-electron chi connectivity index (χ2n) is 5.54. The summed E-state index contributed by atoms with van der Waals surface area (Å²) in [6.45, 7) is 0. The summed E-state index contributed by atoms with van der Waals surface area (Å²) >= 11 is 0. The zero-order chi connectivity index (χ0) is 15.6. The molecule has 0 radical (unpaired) electrons. The minimum absolute atomic E-state index is 0.277. The van der Waals surface area contributed by atoms with Crippen molar-refractivity contribution in [2.24, 2.45) is 0 Å². The van der Waals surface area contributed by atoms with Gasteiger partial charge in [0.2, 0.25) is 0 Å². The van der Waals surface area contributed by atoms with E-state index in [4.69, 9.17) is 0 Å². The summed E-state index contributed by atoms with van der Waals surface area (Å²) in [6.07, 6.45) is 7.11. The van der Waals surface area contributed by atoms with Gasteiger partial charge in [-0.15, -0.1) is 0 Å². The zero-order valence-electron chi connectivity index (χ0n) is 12.4. The molecule has 1 saturated carbocycles. The van der Waals surface area contributed by atoms with Crippen LogP contribution in [0.5, 0.6) is 0 Å². The number of carbonyl (C=O) groups excluding carboxylic acids is 1. The second-order valence-corrected chi connectivity index (χ2v) is 5.54. The Morgan fingerprint density at radius 3 is 2.70 bits per heavy atom. The highest BCUT2D eigenvalue weighted by Crippen LogP contribution is 2.23. The number of aromatic nitrogens is 3. The average Bonchev–Trinajstić information content (AvgIpc) is 3.40. The number of benzene rings is 1. The third-order valence-electron chi connectivity index (χ3n) is 3.69. The quantitative estimate of drug-likeness (QED) is 0.775. The number of para-hydroxylation sites is 1. The van der Waals surface area contributed by atoms with E-state index in [9.17, 15) is 4.79 Å². The zero-order valence-corrected chi connectivity index (χ0v) is 12.4. The van der Waals surface area contributed by atoms with Crippen LogP contribution in [-0.2, 0) is 0 Å². The lowest BCUT2D eigenvalue weighted by atomic mass is 10.2. The van der Waals surface area contributed by atoms with Gasteiger partial charge in [0.15, 0.2) is 0 Å². The smallest absolute Gasteiger partial charge is 0.275 e. The summed E-state index contributed by atoms with van der Waals surface area (Å²) in [4.78, 5) is 25.1. The topological polar surface area (TPSA) is 79.8 Å². The molecule has 4 rings (SSSR count). The fourth-order valence-corrected chi connectivity index (χ4v) is 2.35. The van der Waals surface area contributed by atoms with Crippen molar-refractivity contribution >= 4 is 28.3 Å². The molecule has 2 heterocycles. The van der Waals surface area contributed by atoms with Crippen molar-refractivity contribution in [2.45, 2.75) is 18.9 Å². The first-order chi connectivity index (χ1) is 11.3. The van der Waals surface area contributed by atoms with Crippen LogP contribution in [0.15, 0.2) is 48.9 Å². The number of carbonyl (C=O) groups is 1. The molecule has 0 aliphatic heterocycles. The standard InChI is InChI=1S/C17H15N5O/c23-17(14-9-20-15(10-19-14)21-12-6-7-12)22-13-5-1-3-11-4-2-8-18-16(11)13/h1-5,8-10,12H,6-7H2,(H,20,21)(H,22,23). The number of nitrogens with one attached hydrogen (secondary N) is 2. The van der Waals surface area contributed by atoms with Gasteiger partial charge < -0.3 is 10.6 Å². The van der Waals surface area contributed by atoms with Gasteiger partial charge in [-0.2, -0.15) is 0 Å². The van der Waals surface area contributed by atoms with Crippen molar-refractivity contribution < 1.29 is 4.79 Å². The predicted octanol–water partition coefficient (Wildman–Crippen LogP) is 2.85. The van der Waals surface area contributed by atoms with E-state index in [1.165, 1.54) is 6.20 Å². The third-order valence-corrected chi connectivity index (χ3v) is 3.69. The Kier molecular flexibility index (Phi) is 3.34. The van der Waals surface area contributed by atoms with Gasteiger partial charge in [0.25, 0.3) is 5.91 Å². The summed E-state index contributed by atoms with van der Waals surface area (Å²) in [5.41, 5.74) is 1.69. The summed E-state index contributed by atoms with van der Waals surface area (Å²) in [7, 11) is 0. The maximum atomic E-state index is 12.3. The molecule has 0 spiro atoms. The van der Waals surface area contributed by atoms with Crippen LogP contribution in [0.1, 0.15) is 23.3 Å². The van der Waals surface area contributed by atoms with Crippen LogP contribution in [0.25, 0.3) is 10.9 Å². The predicted molar refractivity (Wildman–Crippen MR) is 88.4 cm³/mol. The molecule has 1 aliphatic carbocycles. The molecule has 23 heavy (non-hydrogen) atoms. The van der Waals surface area contributed by atoms with Gasteiger partial charge in [-0.3, -0.25) is 9.78 Å². The van der Waals surface area contributed by atoms with Crippen molar-refractivity contribution in [2.75, 3.05) is 10.6 Å². The fourth-order valence-electron chi connectivity index (χ4n) is 2.35. The first-order valence-electron chi connectivity index (χ1n) is 7.53. The number of anilines is 2. The van der Waals surface area contributed by atoms with Crippen LogP contribution < -0.4 is 10.6 Å². The molecule has 1 fully saturated rings. The largest absolute Gasteiger partial charge is 0.366 e. The first kappa shape index (κ1) is 13.6. The van der Waals surface area contributed by atoms with Crippen LogP contribution in [0.4, 0.5) is 11.5 Å². The molecule has 1 aliphatic rings. The minimum Gasteiger partial charge on any atom is -0.366 e. The molecule has 6 heteroatoms. The number of hydrogen-bond donors (Lipinski definition) is 2. The lowest BCUT2D eigenvalue weighted by molar-refractivity contribution is 0.102. The lowest BCUT2D eigenvalue weighted by Gasteiger charge is -2.08. The summed E-state index contributed by atoms with van der Waals surface area (Å²) in [5.74, 6) is 0.407. The van der Waals surface area contributed by atoms with E-state index in [0.29, 0.717) is 17.5 Å². The Balaban J connectivity index is 1.54. The van der Waals surface area contributed by atoms with Crippen LogP contribution in [-0.4, -0.2) is 26.9 Å². The Labute approximate surface area is 133 Å². The van der Waals surface area contributed by atoms with E-state index in [0.717, 1.165) is 23.7 Å². The molecule has 0 saturated heterocycles. The second kappa shape index (κ2) is 5.64.